The largest absolute Gasteiger partial charge is 0.363 e. The molecule has 0 unspecified atom stereocenters. The van der Waals surface area contributed by atoms with E-state index in [4.69, 9.17) is 11.0 Å². The lowest BCUT2D eigenvalue weighted by molar-refractivity contribution is 0.743. The van der Waals surface area contributed by atoms with Gasteiger partial charge in [0, 0.05) is 26.3 Å². The molecule has 1 aromatic rings. The van der Waals surface area contributed by atoms with Crippen molar-refractivity contribution in [2.24, 2.45) is 5.73 Å². The molecular weight excluding hydrogens is 176 g/mol. The van der Waals surface area contributed by atoms with Crippen LogP contribution in [0.4, 0.5) is 5.82 Å². The Balaban J connectivity index is 2.78. The molecule has 0 bridgehead atoms. The number of aromatic nitrogens is 1. The van der Waals surface area contributed by atoms with E-state index in [-0.39, 0.29) is 6.04 Å². The van der Waals surface area contributed by atoms with Crippen LogP contribution < -0.4 is 10.6 Å². The van der Waals surface area contributed by atoms with Gasteiger partial charge in [-0.2, -0.15) is 5.26 Å². The first-order valence-corrected chi connectivity index (χ1v) is 4.41. The molecule has 0 saturated heterocycles. The molecule has 4 nitrogen and oxygen atoms in total. The van der Waals surface area contributed by atoms with Crippen molar-refractivity contribution in [1.82, 2.24) is 4.98 Å². The van der Waals surface area contributed by atoms with Gasteiger partial charge in [0.2, 0.25) is 0 Å². The van der Waals surface area contributed by atoms with E-state index in [1.165, 1.54) is 0 Å². The van der Waals surface area contributed by atoms with E-state index < -0.39 is 0 Å². The number of anilines is 1. The van der Waals surface area contributed by atoms with Gasteiger partial charge < -0.3 is 10.6 Å². The highest BCUT2D eigenvalue weighted by Crippen LogP contribution is 2.15. The van der Waals surface area contributed by atoms with Crippen LogP contribution in [0.15, 0.2) is 18.3 Å². The fraction of sp³-hybridized carbons (Fsp3) is 0.400. The van der Waals surface area contributed by atoms with Gasteiger partial charge in [-0.25, -0.2) is 4.98 Å². The molecule has 0 aliphatic rings. The third kappa shape index (κ3) is 2.44. The second-order valence-electron chi connectivity index (χ2n) is 3.31. The monoisotopic (exact) mass is 190 g/mol. The van der Waals surface area contributed by atoms with Crippen LogP contribution in [0, 0.1) is 11.3 Å². The number of nitrogens with zero attached hydrogens (tertiary/aromatic N) is 3. The van der Waals surface area contributed by atoms with Gasteiger partial charge in [-0.1, -0.05) is 6.07 Å². The molecule has 0 spiro atoms. The quantitative estimate of drug-likeness (QED) is 0.774. The molecule has 0 radical (unpaired) electrons. The van der Waals surface area contributed by atoms with Crippen molar-refractivity contribution in [2.75, 3.05) is 19.0 Å². The standard InChI is InChI=1S/C10H14N4/c1-14(2)10-4-3-8(7-13-10)9(12)5-6-11/h3-4,7,9H,5,12H2,1-2H3/t9-/m0/s1. The molecule has 1 rings (SSSR count). The Morgan fingerprint density at radius 3 is 2.71 bits per heavy atom. The highest BCUT2D eigenvalue weighted by Gasteiger charge is 2.05. The molecule has 0 fully saturated rings. The van der Waals surface area contributed by atoms with Crippen LogP contribution in [-0.4, -0.2) is 19.1 Å². The summed E-state index contributed by atoms with van der Waals surface area (Å²) in [5.41, 5.74) is 6.66. The molecule has 0 amide bonds. The first-order valence-electron chi connectivity index (χ1n) is 4.41. The van der Waals surface area contributed by atoms with Crippen molar-refractivity contribution < 1.29 is 0 Å². The molecule has 0 aliphatic carbocycles. The highest BCUT2D eigenvalue weighted by molar-refractivity contribution is 5.37. The summed E-state index contributed by atoms with van der Waals surface area (Å²) < 4.78 is 0. The second kappa shape index (κ2) is 4.58. The van der Waals surface area contributed by atoms with Crippen molar-refractivity contribution in [3.05, 3.63) is 23.9 Å². The Bertz CT molecular complexity index is 323. The molecule has 0 saturated carbocycles. The fourth-order valence-electron chi connectivity index (χ4n) is 1.10. The van der Waals surface area contributed by atoms with Gasteiger partial charge >= 0.3 is 0 Å². The van der Waals surface area contributed by atoms with Gasteiger partial charge in [-0.05, 0) is 11.6 Å². The number of nitriles is 1. The van der Waals surface area contributed by atoms with Crippen molar-refractivity contribution in [3.63, 3.8) is 0 Å². The normalized spacial score (nSPS) is 11.9. The van der Waals surface area contributed by atoms with Gasteiger partial charge in [0.15, 0.2) is 0 Å². The number of rotatable bonds is 3. The van der Waals surface area contributed by atoms with E-state index in [0.717, 1.165) is 11.4 Å². The molecule has 0 aliphatic heterocycles. The zero-order valence-electron chi connectivity index (χ0n) is 8.44. The van der Waals surface area contributed by atoms with Crippen molar-refractivity contribution in [2.45, 2.75) is 12.5 Å². The molecule has 14 heavy (non-hydrogen) atoms. The minimum absolute atomic E-state index is 0.233. The average Bonchev–Trinajstić information content (AvgIpc) is 2.18. The Morgan fingerprint density at radius 2 is 2.29 bits per heavy atom. The van der Waals surface area contributed by atoms with E-state index in [9.17, 15) is 0 Å². The van der Waals surface area contributed by atoms with Crippen LogP contribution >= 0.6 is 0 Å². The summed E-state index contributed by atoms with van der Waals surface area (Å²) in [7, 11) is 3.86. The van der Waals surface area contributed by atoms with Crippen molar-refractivity contribution in [3.8, 4) is 6.07 Å². The number of pyridine rings is 1. The Labute approximate surface area is 84.0 Å². The van der Waals surface area contributed by atoms with E-state index in [0.29, 0.717) is 6.42 Å². The summed E-state index contributed by atoms with van der Waals surface area (Å²) >= 11 is 0. The number of nitrogens with two attached hydrogens (primary N) is 1. The van der Waals surface area contributed by atoms with Crippen LogP contribution in [0.1, 0.15) is 18.0 Å². The lowest BCUT2D eigenvalue weighted by atomic mass is 10.1. The maximum Gasteiger partial charge on any atom is 0.127 e. The molecule has 2 N–H and O–H groups in total. The number of hydrogen-bond acceptors (Lipinski definition) is 4. The molecule has 0 aromatic carbocycles. The summed E-state index contributed by atoms with van der Waals surface area (Å²) in [4.78, 5) is 6.13. The van der Waals surface area contributed by atoms with Gasteiger partial charge in [-0.15, -0.1) is 0 Å². The van der Waals surface area contributed by atoms with E-state index in [1.807, 2.05) is 37.2 Å². The van der Waals surface area contributed by atoms with Gasteiger partial charge in [-0.3, -0.25) is 0 Å². The van der Waals surface area contributed by atoms with E-state index in [2.05, 4.69) is 4.98 Å². The summed E-state index contributed by atoms with van der Waals surface area (Å²) in [5, 5.41) is 8.48. The molecule has 1 atom stereocenters. The molecule has 4 heteroatoms. The first kappa shape index (κ1) is 10.5. The van der Waals surface area contributed by atoms with Gasteiger partial charge in [0.1, 0.15) is 5.82 Å². The molecule has 1 heterocycles. The van der Waals surface area contributed by atoms with Crippen molar-refractivity contribution in [1.29, 1.82) is 5.26 Å². The lowest BCUT2D eigenvalue weighted by Crippen LogP contribution is -2.13. The van der Waals surface area contributed by atoms with Gasteiger partial charge in [0.05, 0.1) is 12.5 Å². The predicted molar refractivity (Wildman–Crippen MR) is 55.7 cm³/mol. The Hall–Kier alpha value is -1.60. The number of hydrogen-bond donors (Lipinski definition) is 1. The zero-order chi connectivity index (χ0) is 10.6. The third-order valence-electron chi connectivity index (χ3n) is 1.97. The summed E-state index contributed by atoms with van der Waals surface area (Å²) in [6.07, 6.45) is 2.04. The Morgan fingerprint density at radius 1 is 1.57 bits per heavy atom. The highest BCUT2D eigenvalue weighted by atomic mass is 15.1. The topological polar surface area (TPSA) is 65.9 Å². The predicted octanol–water partition coefficient (Wildman–Crippen LogP) is 1.06. The van der Waals surface area contributed by atoms with E-state index >= 15 is 0 Å². The SMILES string of the molecule is CN(C)c1ccc([C@@H](N)CC#N)cn1. The summed E-state index contributed by atoms with van der Waals surface area (Å²) in [6, 6.07) is 5.61. The second-order valence-corrected chi connectivity index (χ2v) is 3.31. The maximum atomic E-state index is 8.48. The average molecular weight is 190 g/mol. The summed E-state index contributed by atoms with van der Waals surface area (Å²) in [5.74, 6) is 0.887. The van der Waals surface area contributed by atoms with Crippen LogP contribution in [0.2, 0.25) is 0 Å². The first-order chi connectivity index (χ1) is 6.65. The minimum Gasteiger partial charge on any atom is -0.363 e. The minimum atomic E-state index is -0.233. The Kier molecular flexibility index (Phi) is 3.43. The third-order valence-corrected chi connectivity index (χ3v) is 1.97. The van der Waals surface area contributed by atoms with Gasteiger partial charge in [0.25, 0.3) is 0 Å². The van der Waals surface area contributed by atoms with Crippen LogP contribution in [-0.2, 0) is 0 Å². The van der Waals surface area contributed by atoms with E-state index in [1.54, 1.807) is 6.20 Å². The molecular formula is C10H14N4. The summed E-state index contributed by atoms with van der Waals surface area (Å²) in [6.45, 7) is 0. The van der Waals surface area contributed by atoms with Crippen molar-refractivity contribution >= 4 is 5.82 Å². The fourth-order valence-corrected chi connectivity index (χ4v) is 1.10. The van der Waals surface area contributed by atoms with Crippen LogP contribution in [0.5, 0.6) is 0 Å². The smallest absolute Gasteiger partial charge is 0.127 e. The maximum absolute atomic E-state index is 8.48. The molecule has 1 aromatic heterocycles. The lowest BCUT2D eigenvalue weighted by Gasteiger charge is -2.12. The van der Waals surface area contributed by atoms with Crippen LogP contribution in [0.3, 0.4) is 0 Å². The van der Waals surface area contributed by atoms with Crippen LogP contribution in [0.25, 0.3) is 0 Å². The zero-order valence-corrected chi connectivity index (χ0v) is 8.44. The molecule has 74 valence electrons.